The first-order chi connectivity index (χ1) is 8.29. The summed E-state index contributed by atoms with van der Waals surface area (Å²) in [5, 5.41) is 12.7. The molecular formula is C13H17N3O. The fourth-order valence-electron chi connectivity index (χ4n) is 1.82. The molecule has 0 aliphatic rings. The first-order valence-electron chi connectivity index (χ1n) is 5.79. The molecule has 1 heterocycles. The monoisotopic (exact) mass is 231 g/mol. The third-order valence-electron chi connectivity index (χ3n) is 2.80. The average molecular weight is 231 g/mol. The Hall–Kier alpha value is -1.81. The summed E-state index contributed by atoms with van der Waals surface area (Å²) < 4.78 is 0. The average Bonchev–Trinajstić information content (AvgIpc) is 2.85. The van der Waals surface area contributed by atoms with Gasteiger partial charge in [0, 0.05) is 24.5 Å². The van der Waals surface area contributed by atoms with Crippen molar-refractivity contribution in [1.82, 2.24) is 15.3 Å². The summed E-state index contributed by atoms with van der Waals surface area (Å²) in [6, 6.07) is 7.62. The van der Waals surface area contributed by atoms with Gasteiger partial charge in [-0.1, -0.05) is 19.1 Å². The number of nitrogens with zero attached hydrogens (tertiary/aromatic N) is 1. The highest BCUT2D eigenvalue weighted by atomic mass is 16.3. The standard InChI is InChI=1S/C13H17N3O/c1-2-13(10-3-5-12(17)6-4-10)15-8-11-7-14-9-16-11/h3-7,9,13,15,17H,2,8H2,1H3,(H,14,16). The maximum absolute atomic E-state index is 9.26. The molecular weight excluding hydrogens is 214 g/mol. The molecule has 17 heavy (non-hydrogen) atoms. The number of phenolic OH excluding ortho intramolecular Hbond substituents is 1. The zero-order valence-corrected chi connectivity index (χ0v) is 9.85. The van der Waals surface area contributed by atoms with E-state index in [1.807, 2.05) is 18.3 Å². The Labute approximate surface area is 101 Å². The van der Waals surface area contributed by atoms with E-state index >= 15 is 0 Å². The van der Waals surface area contributed by atoms with Gasteiger partial charge in [0.05, 0.1) is 6.33 Å². The number of phenols is 1. The molecule has 0 saturated heterocycles. The highest BCUT2D eigenvalue weighted by molar-refractivity contribution is 5.28. The largest absolute Gasteiger partial charge is 0.508 e. The van der Waals surface area contributed by atoms with E-state index in [1.54, 1.807) is 18.5 Å². The summed E-state index contributed by atoms with van der Waals surface area (Å²) >= 11 is 0. The second-order valence-corrected chi connectivity index (χ2v) is 4.01. The molecule has 3 N–H and O–H groups in total. The van der Waals surface area contributed by atoms with Gasteiger partial charge in [-0.2, -0.15) is 0 Å². The summed E-state index contributed by atoms with van der Waals surface area (Å²) in [5.74, 6) is 0.303. The van der Waals surface area contributed by atoms with Crippen LogP contribution in [0.4, 0.5) is 0 Å². The number of nitrogens with one attached hydrogen (secondary N) is 2. The van der Waals surface area contributed by atoms with E-state index in [0.717, 1.165) is 18.7 Å². The van der Waals surface area contributed by atoms with Gasteiger partial charge in [-0.3, -0.25) is 0 Å². The van der Waals surface area contributed by atoms with Crippen molar-refractivity contribution >= 4 is 0 Å². The van der Waals surface area contributed by atoms with Gasteiger partial charge < -0.3 is 15.4 Å². The molecule has 4 heteroatoms. The van der Waals surface area contributed by atoms with Gasteiger partial charge in [-0.25, -0.2) is 4.98 Å². The van der Waals surface area contributed by atoms with E-state index in [0.29, 0.717) is 11.8 Å². The smallest absolute Gasteiger partial charge is 0.115 e. The van der Waals surface area contributed by atoms with E-state index in [1.165, 1.54) is 5.56 Å². The third kappa shape index (κ3) is 3.07. The molecule has 0 fully saturated rings. The zero-order chi connectivity index (χ0) is 12.1. The van der Waals surface area contributed by atoms with Crippen LogP contribution in [0.2, 0.25) is 0 Å². The fraction of sp³-hybridized carbons (Fsp3) is 0.308. The fourth-order valence-corrected chi connectivity index (χ4v) is 1.82. The molecule has 2 aromatic rings. The minimum Gasteiger partial charge on any atom is -0.508 e. The number of aromatic hydroxyl groups is 1. The minimum absolute atomic E-state index is 0.291. The third-order valence-corrected chi connectivity index (χ3v) is 2.80. The molecule has 1 unspecified atom stereocenters. The Morgan fingerprint density at radius 1 is 1.35 bits per heavy atom. The Bertz CT molecular complexity index is 436. The molecule has 0 aliphatic heterocycles. The SMILES string of the molecule is CCC(NCc1cnc[nH]1)c1ccc(O)cc1. The summed E-state index contributed by atoms with van der Waals surface area (Å²) in [6.45, 7) is 2.90. The van der Waals surface area contributed by atoms with Gasteiger partial charge in [0.25, 0.3) is 0 Å². The van der Waals surface area contributed by atoms with Crippen molar-refractivity contribution in [1.29, 1.82) is 0 Å². The Balaban J connectivity index is 1.99. The molecule has 1 atom stereocenters. The van der Waals surface area contributed by atoms with E-state index in [4.69, 9.17) is 0 Å². The molecule has 0 aliphatic carbocycles. The number of rotatable bonds is 5. The van der Waals surface area contributed by atoms with Crippen LogP contribution in [0.15, 0.2) is 36.8 Å². The number of hydrogen-bond acceptors (Lipinski definition) is 3. The molecule has 2 rings (SSSR count). The van der Waals surface area contributed by atoms with Gasteiger partial charge in [0.2, 0.25) is 0 Å². The zero-order valence-electron chi connectivity index (χ0n) is 9.85. The van der Waals surface area contributed by atoms with Crippen molar-refractivity contribution < 1.29 is 5.11 Å². The molecule has 1 aromatic carbocycles. The van der Waals surface area contributed by atoms with Crippen molar-refractivity contribution in [3.63, 3.8) is 0 Å². The van der Waals surface area contributed by atoms with Gasteiger partial charge in [-0.05, 0) is 24.1 Å². The molecule has 4 nitrogen and oxygen atoms in total. The van der Waals surface area contributed by atoms with Crippen LogP contribution in [0.3, 0.4) is 0 Å². The summed E-state index contributed by atoms with van der Waals surface area (Å²) in [4.78, 5) is 7.05. The molecule has 1 aromatic heterocycles. The number of H-pyrrole nitrogens is 1. The highest BCUT2D eigenvalue weighted by Gasteiger charge is 2.08. The maximum atomic E-state index is 9.26. The molecule has 90 valence electrons. The first kappa shape index (κ1) is 11.7. The summed E-state index contributed by atoms with van der Waals surface area (Å²) in [6.07, 6.45) is 4.49. The van der Waals surface area contributed by atoms with Crippen molar-refractivity contribution in [3.8, 4) is 5.75 Å². The second-order valence-electron chi connectivity index (χ2n) is 4.01. The molecule has 0 radical (unpaired) electrons. The van der Waals surface area contributed by atoms with Crippen LogP contribution in [0.5, 0.6) is 5.75 Å². The van der Waals surface area contributed by atoms with Crippen LogP contribution in [0.25, 0.3) is 0 Å². The van der Waals surface area contributed by atoms with Gasteiger partial charge in [0.15, 0.2) is 0 Å². The topological polar surface area (TPSA) is 60.9 Å². The predicted octanol–water partition coefficient (Wildman–Crippen LogP) is 2.36. The van der Waals surface area contributed by atoms with Crippen LogP contribution in [-0.4, -0.2) is 15.1 Å². The molecule has 0 amide bonds. The lowest BCUT2D eigenvalue weighted by molar-refractivity contribution is 0.473. The lowest BCUT2D eigenvalue weighted by Crippen LogP contribution is -2.20. The van der Waals surface area contributed by atoms with Crippen molar-refractivity contribution in [3.05, 3.63) is 48.0 Å². The Morgan fingerprint density at radius 2 is 2.12 bits per heavy atom. The normalized spacial score (nSPS) is 12.5. The number of hydrogen-bond donors (Lipinski definition) is 3. The van der Waals surface area contributed by atoms with Crippen LogP contribution >= 0.6 is 0 Å². The second kappa shape index (κ2) is 5.50. The Morgan fingerprint density at radius 3 is 2.71 bits per heavy atom. The van der Waals surface area contributed by atoms with Crippen LogP contribution in [0.1, 0.15) is 30.6 Å². The van der Waals surface area contributed by atoms with Crippen molar-refractivity contribution in [2.45, 2.75) is 25.9 Å². The number of aromatic nitrogens is 2. The number of aromatic amines is 1. The quantitative estimate of drug-likeness (QED) is 0.740. The van der Waals surface area contributed by atoms with Crippen LogP contribution in [-0.2, 0) is 6.54 Å². The first-order valence-corrected chi connectivity index (χ1v) is 5.79. The van der Waals surface area contributed by atoms with E-state index in [2.05, 4.69) is 22.2 Å². The van der Waals surface area contributed by atoms with Gasteiger partial charge >= 0.3 is 0 Å². The molecule has 0 saturated carbocycles. The van der Waals surface area contributed by atoms with Crippen molar-refractivity contribution in [2.24, 2.45) is 0 Å². The van der Waals surface area contributed by atoms with Crippen molar-refractivity contribution in [2.75, 3.05) is 0 Å². The van der Waals surface area contributed by atoms with Gasteiger partial charge in [-0.15, -0.1) is 0 Å². The van der Waals surface area contributed by atoms with E-state index in [9.17, 15) is 5.11 Å². The number of imidazole rings is 1. The minimum atomic E-state index is 0.291. The molecule has 0 bridgehead atoms. The van der Waals surface area contributed by atoms with Crippen LogP contribution < -0.4 is 5.32 Å². The maximum Gasteiger partial charge on any atom is 0.115 e. The lowest BCUT2D eigenvalue weighted by atomic mass is 10.0. The lowest BCUT2D eigenvalue weighted by Gasteiger charge is -2.16. The van der Waals surface area contributed by atoms with Gasteiger partial charge in [0.1, 0.15) is 5.75 Å². The molecule has 0 spiro atoms. The summed E-state index contributed by atoms with van der Waals surface area (Å²) in [5.41, 5.74) is 2.26. The highest BCUT2D eigenvalue weighted by Crippen LogP contribution is 2.19. The number of benzene rings is 1. The predicted molar refractivity (Wildman–Crippen MR) is 66.6 cm³/mol. The van der Waals surface area contributed by atoms with E-state index in [-0.39, 0.29) is 0 Å². The Kier molecular flexibility index (Phi) is 3.77. The van der Waals surface area contributed by atoms with E-state index < -0.39 is 0 Å². The summed E-state index contributed by atoms with van der Waals surface area (Å²) in [7, 11) is 0. The van der Waals surface area contributed by atoms with Crippen LogP contribution in [0, 0.1) is 0 Å².